The number of ether oxygens (including phenoxy) is 1. The van der Waals surface area contributed by atoms with Crippen LogP contribution in [0.2, 0.25) is 0 Å². The first-order valence-electron chi connectivity index (χ1n) is 3.70. The summed E-state index contributed by atoms with van der Waals surface area (Å²) in [6.45, 7) is 2.11. The van der Waals surface area contributed by atoms with Crippen molar-refractivity contribution in [3.8, 4) is 5.75 Å². The summed E-state index contributed by atoms with van der Waals surface area (Å²) in [5.41, 5.74) is 0.453. The number of carbonyl (C=O) groups is 1. The SMILES string of the molecule is CCOC(=O)c1ccc(O)cc1.[Ca+2].[H-].[H-]. The van der Waals surface area contributed by atoms with Crippen molar-refractivity contribution in [3.05, 3.63) is 29.8 Å². The van der Waals surface area contributed by atoms with Gasteiger partial charge in [0.25, 0.3) is 0 Å². The maximum atomic E-state index is 11.1. The van der Waals surface area contributed by atoms with E-state index in [0.717, 1.165) is 0 Å². The first kappa shape index (κ1) is 12.7. The van der Waals surface area contributed by atoms with Crippen LogP contribution in [0.25, 0.3) is 0 Å². The van der Waals surface area contributed by atoms with Gasteiger partial charge in [-0.1, -0.05) is 0 Å². The molecule has 0 saturated carbocycles. The number of aromatic hydroxyl groups is 1. The van der Waals surface area contributed by atoms with Gasteiger partial charge in [-0.05, 0) is 31.2 Å². The Morgan fingerprint density at radius 1 is 1.46 bits per heavy atom. The number of hydrogen-bond acceptors (Lipinski definition) is 3. The Bertz CT molecular complexity index is 277. The molecule has 0 aliphatic carbocycles. The van der Waals surface area contributed by atoms with E-state index in [9.17, 15) is 4.79 Å². The van der Waals surface area contributed by atoms with Crippen molar-refractivity contribution in [1.29, 1.82) is 0 Å². The van der Waals surface area contributed by atoms with E-state index >= 15 is 0 Å². The van der Waals surface area contributed by atoms with Gasteiger partial charge in [-0.15, -0.1) is 0 Å². The van der Waals surface area contributed by atoms with E-state index < -0.39 is 0 Å². The number of hydrogen-bond donors (Lipinski definition) is 1. The van der Waals surface area contributed by atoms with E-state index in [1.807, 2.05) is 0 Å². The molecule has 0 fully saturated rings. The molecule has 3 nitrogen and oxygen atoms in total. The fraction of sp³-hybridized carbons (Fsp3) is 0.222. The molecule has 0 radical (unpaired) electrons. The van der Waals surface area contributed by atoms with Gasteiger partial charge in [-0.2, -0.15) is 0 Å². The average molecular weight is 208 g/mol. The summed E-state index contributed by atoms with van der Waals surface area (Å²) in [6.07, 6.45) is 0. The average Bonchev–Trinajstić information content (AvgIpc) is 2.06. The second kappa shape index (κ2) is 6.24. The molecule has 4 heteroatoms. The molecule has 0 heterocycles. The van der Waals surface area contributed by atoms with Crippen LogP contribution in [0, 0.1) is 0 Å². The second-order valence-electron chi connectivity index (χ2n) is 2.27. The molecule has 0 spiro atoms. The standard InChI is InChI=1S/C9H10O3.Ca.2H/c1-2-12-9(11)7-3-5-8(10)6-4-7;;;/h3-6,10H,2H2,1H3;;;/q;+2;2*-1. The second-order valence-corrected chi connectivity index (χ2v) is 2.27. The summed E-state index contributed by atoms with van der Waals surface area (Å²) in [7, 11) is 0. The summed E-state index contributed by atoms with van der Waals surface area (Å²) < 4.78 is 4.75. The Morgan fingerprint density at radius 3 is 2.46 bits per heavy atom. The van der Waals surface area contributed by atoms with Crippen LogP contribution < -0.4 is 0 Å². The topological polar surface area (TPSA) is 46.5 Å². The Labute approximate surface area is 110 Å². The van der Waals surface area contributed by atoms with Gasteiger partial charge >= 0.3 is 43.7 Å². The predicted molar refractivity (Wildman–Crippen MR) is 52.0 cm³/mol. The smallest absolute Gasteiger partial charge is 1.00 e. The molecule has 0 unspecified atom stereocenters. The molecule has 0 amide bonds. The molecule has 0 aliphatic rings. The molecule has 0 saturated heterocycles. The summed E-state index contributed by atoms with van der Waals surface area (Å²) in [6, 6.07) is 5.94. The van der Waals surface area contributed by atoms with Crippen molar-refractivity contribution in [2.75, 3.05) is 6.61 Å². The first-order valence-corrected chi connectivity index (χ1v) is 3.70. The number of carbonyl (C=O) groups excluding carboxylic acids is 1. The van der Waals surface area contributed by atoms with Crippen LogP contribution in [0.4, 0.5) is 0 Å². The Morgan fingerprint density at radius 2 is 2.00 bits per heavy atom. The third-order valence-corrected chi connectivity index (χ3v) is 1.38. The van der Waals surface area contributed by atoms with Crippen molar-refractivity contribution in [2.45, 2.75) is 6.92 Å². The van der Waals surface area contributed by atoms with Crippen LogP contribution in [0.3, 0.4) is 0 Å². The Kier molecular flexibility index (Phi) is 6.12. The van der Waals surface area contributed by atoms with Gasteiger partial charge in [-0.25, -0.2) is 4.79 Å². The van der Waals surface area contributed by atoms with Gasteiger partial charge in [0.1, 0.15) is 5.75 Å². The van der Waals surface area contributed by atoms with Crippen molar-refractivity contribution >= 4 is 43.7 Å². The van der Waals surface area contributed by atoms with Gasteiger partial charge in [0.2, 0.25) is 0 Å². The number of phenolic OH excluding ortho intramolecular Hbond substituents is 1. The van der Waals surface area contributed by atoms with Crippen LogP contribution in [0.15, 0.2) is 24.3 Å². The number of phenols is 1. The largest absolute Gasteiger partial charge is 2.00 e. The maximum absolute atomic E-state index is 11.1. The summed E-state index contributed by atoms with van der Waals surface area (Å²) in [4.78, 5) is 11.1. The molecule has 1 aromatic rings. The van der Waals surface area contributed by atoms with Crippen molar-refractivity contribution in [2.24, 2.45) is 0 Å². The molecular formula is C9H12CaO3. The van der Waals surface area contributed by atoms with E-state index in [-0.39, 0.29) is 52.3 Å². The number of esters is 1. The van der Waals surface area contributed by atoms with Gasteiger partial charge in [0.05, 0.1) is 12.2 Å². The minimum atomic E-state index is -0.363. The van der Waals surface area contributed by atoms with Crippen molar-refractivity contribution in [3.63, 3.8) is 0 Å². The number of rotatable bonds is 2. The zero-order valence-corrected chi connectivity index (χ0v) is 9.70. The Balaban J connectivity index is -0.000000480. The zero-order chi connectivity index (χ0) is 8.97. The summed E-state index contributed by atoms with van der Waals surface area (Å²) in [5, 5.41) is 8.92. The molecule has 1 rings (SSSR count). The van der Waals surface area contributed by atoms with E-state index in [2.05, 4.69) is 0 Å². The van der Waals surface area contributed by atoms with E-state index in [4.69, 9.17) is 9.84 Å². The maximum Gasteiger partial charge on any atom is 2.00 e. The third-order valence-electron chi connectivity index (χ3n) is 1.38. The van der Waals surface area contributed by atoms with Crippen LogP contribution in [0.1, 0.15) is 20.1 Å². The molecule has 0 aromatic heterocycles. The summed E-state index contributed by atoms with van der Waals surface area (Å²) in [5.74, 6) is -0.222. The number of benzene rings is 1. The van der Waals surface area contributed by atoms with Crippen LogP contribution in [-0.4, -0.2) is 55.4 Å². The van der Waals surface area contributed by atoms with Crippen LogP contribution >= 0.6 is 0 Å². The van der Waals surface area contributed by atoms with Gasteiger partial charge in [-0.3, -0.25) is 0 Å². The summed E-state index contributed by atoms with van der Waals surface area (Å²) >= 11 is 0. The van der Waals surface area contributed by atoms with Crippen LogP contribution in [-0.2, 0) is 4.74 Å². The van der Waals surface area contributed by atoms with E-state index in [0.29, 0.717) is 12.2 Å². The minimum Gasteiger partial charge on any atom is -1.00 e. The molecule has 13 heavy (non-hydrogen) atoms. The molecular weight excluding hydrogens is 196 g/mol. The Hall–Kier alpha value is -0.250. The molecule has 1 aromatic carbocycles. The normalized spacial score (nSPS) is 8.69. The molecule has 0 aliphatic heterocycles. The van der Waals surface area contributed by atoms with Crippen LogP contribution in [0.5, 0.6) is 5.75 Å². The first-order chi connectivity index (χ1) is 5.74. The molecule has 1 N–H and O–H groups in total. The zero-order valence-electron chi connectivity index (χ0n) is 9.49. The monoisotopic (exact) mass is 208 g/mol. The minimum absolute atomic E-state index is 0. The molecule has 68 valence electrons. The van der Waals surface area contributed by atoms with E-state index in [1.165, 1.54) is 24.3 Å². The van der Waals surface area contributed by atoms with E-state index in [1.54, 1.807) is 6.92 Å². The predicted octanol–water partition coefficient (Wildman–Crippen LogP) is 1.41. The quantitative estimate of drug-likeness (QED) is 0.590. The third kappa shape index (κ3) is 3.98. The van der Waals surface area contributed by atoms with Crippen molar-refractivity contribution in [1.82, 2.24) is 0 Å². The van der Waals surface area contributed by atoms with Gasteiger partial charge < -0.3 is 12.7 Å². The fourth-order valence-electron chi connectivity index (χ4n) is 0.812. The molecule has 0 bridgehead atoms. The molecule has 0 atom stereocenters. The fourth-order valence-corrected chi connectivity index (χ4v) is 0.812. The van der Waals surface area contributed by atoms with Crippen molar-refractivity contribution < 1.29 is 17.5 Å². The van der Waals surface area contributed by atoms with Gasteiger partial charge in [0.15, 0.2) is 0 Å². The van der Waals surface area contributed by atoms with Gasteiger partial charge in [0, 0.05) is 0 Å².